The van der Waals surface area contributed by atoms with Crippen molar-refractivity contribution in [3.8, 4) is 17.2 Å². The van der Waals surface area contributed by atoms with Crippen molar-refractivity contribution in [3.05, 3.63) is 47.0 Å². The van der Waals surface area contributed by atoms with E-state index in [0.717, 1.165) is 0 Å². The van der Waals surface area contributed by atoms with Gasteiger partial charge in [-0.25, -0.2) is 0 Å². The molecule has 0 aliphatic carbocycles. The zero-order valence-electron chi connectivity index (χ0n) is 17.5. The molecule has 160 valence electrons. The molecule has 0 spiro atoms. The molecular formula is C22H25ClN2O5. The molecule has 2 rings (SSSR count). The number of hydrogen-bond acceptors (Lipinski definition) is 5. The lowest BCUT2D eigenvalue weighted by Crippen LogP contribution is -2.11. The maximum absolute atomic E-state index is 12.4. The standard InChI is InChI=1S/C22H25ClN2O5/c1-13(2)30-22-17(23)10-15(11-20(22)29-5)6-9-21(27)25-18-12-16(24-14(3)26)7-8-19(18)28-4/h6-13H,1-5H3,(H,24,26)(H,25,27)/b9-6+. The predicted molar refractivity (Wildman–Crippen MR) is 119 cm³/mol. The first kappa shape index (κ1) is 23.1. The number of halogens is 1. The van der Waals surface area contributed by atoms with E-state index in [-0.39, 0.29) is 17.9 Å². The average molecular weight is 433 g/mol. The summed E-state index contributed by atoms with van der Waals surface area (Å²) in [6.45, 7) is 5.19. The minimum absolute atomic E-state index is 0.0631. The van der Waals surface area contributed by atoms with Crippen LogP contribution in [-0.4, -0.2) is 32.1 Å². The van der Waals surface area contributed by atoms with E-state index in [4.69, 9.17) is 25.8 Å². The Morgan fingerprint density at radius 1 is 1.03 bits per heavy atom. The van der Waals surface area contributed by atoms with E-state index in [1.165, 1.54) is 27.2 Å². The van der Waals surface area contributed by atoms with Gasteiger partial charge in [-0.1, -0.05) is 11.6 Å². The first-order chi connectivity index (χ1) is 14.2. The summed E-state index contributed by atoms with van der Waals surface area (Å²) in [7, 11) is 3.02. The topological polar surface area (TPSA) is 85.9 Å². The van der Waals surface area contributed by atoms with Gasteiger partial charge in [-0.05, 0) is 55.8 Å². The summed E-state index contributed by atoms with van der Waals surface area (Å²) >= 11 is 6.31. The Labute approximate surface area is 181 Å². The number of carbonyl (C=O) groups excluding carboxylic acids is 2. The second-order valence-electron chi connectivity index (χ2n) is 6.62. The number of benzene rings is 2. The quantitative estimate of drug-likeness (QED) is 0.587. The Morgan fingerprint density at radius 3 is 2.33 bits per heavy atom. The highest BCUT2D eigenvalue weighted by molar-refractivity contribution is 6.32. The Balaban J connectivity index is 2.20. The largest absolute Gasteiger partial charge is 0.495 e. The van der Waals surface area contributed by atoms with Gasteiger partial charge in [0, 0.05) is 18.7 Å². The normalized spacial score (nSPS) is 10.8. The maximum Gasteiger partial charge on any atom is 0.248 e. The van der Waals surface area contributed by atoms with E-state index in [2.05, 4.69) is 10.6 Å². The second kappa shape index (κ2) is 10.5. The summed E-state index contributed by atoms with van der Waals surface area (Å²) < 4.78 is 16.3. The third-order valence-electron chi connectivity index (χ3n) is 3.81. The van der Waals surface area contributed by atoms with Crippen LogP contribution >= 0.6 is 11.6 Å². The van der Waals surface area contributed by atoms with E-state index in [1.54, 1.807) is 36.4 Å². The van der Waals surface area contributed by atoms with Crippen molar-refractivity contribution in [2.45, 2.75) is 26.9 Å². The molecule has 30 heavy (non-hydrogen) atoms. The van der Waals surface area contributed by atoms with Crippen LogP contribution in [0.4, 0.5) is 11.4 Å². The SMILES string of the molecule is COc1ccc(NC(C)=O)cc1NC(=O)/C=C/c1cc(Cl)c(OC(C)C)c(OC)c1. The molecule has 2 aromatic carbocycles. The number of rotatable bonds is 8. The number of anilines is 2. The fraction of sp³-hybridized carbons (Fsp3) is 0.273. The molecule has 2 aromatic rings. The van der Waals surface area contributed by atoms with Crippen molar-refractivity contribution in [1.29, 1.82) is 0 Å². The molecule has 2 N–H and O–H groups in total. The van der Waals surface area contributed by atoms with Crippen LogP contribution in [-0.2, 0) is 9.59 Å². The summed E-state index contributed by atoms with van der Waals surface area (Å²) in [6.07, 6.45) is 2.90. The van der Waals surface area contributed by atoms with E-state index in [1.807, 2.05) is 13.8 Å². The second-order valence-corrected chi connectivity index (χ2v) is 7.03. The van der Waals surface area contributed by atoms with Crippen molar-refractivity contribution in [2.75, 3.05) is 24.9 Å². The number of amides is 2. The number of hydrogen-bond donors (Lipinski definition) is 2. The predicted octanol–water partition coefficient (Wildman–Crippen LogP) is 4.75. The maximum atomic E-state index is 12.4. The van der Waals surface area contributed by atoms with Gasteiger partial charge >= 0.3 is 0 Å². The lowest BCUT2D eigenvalue weighted by atomic mass is 10.1. The Kier molecular flexibility index (Phi) is 8.12. The van der Waals surface area contributed by atoms with Gasteiger partial charge in [-0.3, -0.25) is 9.59 Å². The Hall–Kier alpha value is -3.19. The lowest BCUT2D eigenvalue weighted by molar-refractivity contribution is -0.114. The molecule has 7 nitrogen and oxygen atoms in total. The van der Waals surface area contributed by atoms with Crippen LogP contribution in [0, 0.1) is 0 Å². The molecule has 0 aromatic heterocycles. The third kappa shape index (κ3) is 6.42. The van der Waals surface area contributed by atoms with Crippen LogP contribution < -0.4 is 24.8 Å². The minimum atomic E-state index is -0.383. The average Bonchev–Trinajstić information content (AvgIpc) is 2.67. The zero-order chi connectivity index (χ0) is 22.3. The fourth-order valence-electron chi connectivity index (χ4n) is 2.62. The number of nitrogens with one attached hydrogen (secondary N) is 2. The molecule has 8 heteroatoms. The molecule has 0 heterocycles. The van der Waals surface area contributed by atoms with Gasteiger partial charge in [0.25, 0.3) is 0 Å². The summed E-state index contributed by atoms with van der Waals surface area (Å²) in [5, 5.41) is 5.78. The molecule has 0 saturated carbocycles. The van der Waals surface area contributed by atoms with Gasteiger partial charge < -0.3 is 24.8 Å². The van der Waals surface area contributed by atoms with Gasteiger partial charge in [-0.2, -0.15) is 0 Å². The molecule has 0 saturated heterocycles. The smallest absolute Gasteiger partial charge is 0.248 e. The molecule has 0 atom stereocenters. The molecular weight excluding hydrogens is 408 g/mol. The molecule has 0 fully saturated rings. The van der Waals surface area contributed by atoms with Crippen LogP contribution in [0.1, 0.15) is 26.3 Å². The van der Waals surface area contributed by atoms with E-state index in [9.17, 15) is 9.59 Å². The van der Waals surface area contributed by atoms with Gasteiger partial charge in [0.2, 0.25) is 11.8 Å². The Morgan fingerprint density at radius 2 is 1.73 bits per heavy atom. The highest BCUT2D eigenvalue weighted by Gasteiger charge is 2.13. The van der Waals surface area contributed by atoms with E-state index in [0.29, 0.717) is 39.2 Å². The first-order valence-corrected chi connectivity index (χ1v) is 9.60. The van der Waals surface area contributed by atoms with Gasteiger partial charge in [0.1, 0.15) is 5.75 Å². The van der Waals surface area contributed by atoms with Crippen molar-refractivity contribution in [3.63, 3.8) is 0 Å². The summed E-state index contributed by atoms with van der Waals surface area (Å²) in [6, 6.07) is 8.36. The van der Waals surface area contributed by atoms with Crippen molar-refractivity contribution < 1.29 is 23.8 Å². The number of methoxy groups -OCH3 is 2. The van der Waals surface area contributed by atoms with Crippen LogP contribution in [0.15, 0.2) is 36.4 Å². The van der Waals surface area contributed by atoms with Gasteiger partial charge in [0.15, 0.2) is 11.5 Å². The number of carbonyl (C=O) groups is 2. The third-order valence-corrected chi connectivity index (χ3v) is 4.09. The molecule has 2 amide bonds. The van der Waals surface area contributed by atoms with Crippen molar-refractivity contribution >= 4 is 40.9 Å². The lowest BCUT2D eigenvalue weighted by Gasteiger charge is -2.15. The van der Waals surface area contributed by atoms with Crippen LogP contribution in [0.3, 0.4) is 0 Å². The van der Waals surface area contributed by atoms with Crippen molar-refractivity contribution in [2.24, 2.45) is 0 Å². The summed E-state index contributed by atoms with van der Waals surface area (Å²) in [4.78, 5) is 23.7. The highest BCUT2D eigenvalue weighted by atomic mass is 35.5. The minimum Gasteiger partial charge on any atom is -0.495 e. The number of ether oxygens (including phenoxy) is 3. The zero-order valence-corrected chi connectivity index (χ0v) is 18.3. The fourth-order valence-corrected chi connectivity index (χ4v) is 2.88. The molecule has 0 unspecified atom stereocenters. The van der Waals surface area contributed by atoms with Gasteiger partial charge in [0.05, 0.1) is 31.0 Å². The molecule has 0 aliphatic heterocycles. The van der Waals surface area contributed by atoms with Gasteiger partial charge in [-0.15, -0.1) is 0 Å². The highest BCUT2D eigenvalue weighted by Crippen LogP contribution is 2.37. The first-order valence-electron chi connectivity index (χ1n) is 9.22. The summed E-state index contributed by atoms with van der Waals surface area (Å²) in [5.41, 5.74) is 1.64. The van der Waals surface area contributed by atoms with Crippen molar-refractivity contribution in [1.82, 2.24) is 0 Å². The van der Waals surface area contributed by atoms with Crippen LogP contribution in [0.2, 0.25) is 5.02 Å². The molecule has 0 radical (unpaired) electrons. The van der Waals surface area contributed by atoms with Crippen LogP contribution in [0.25, 0.3) is 6.08 Å². The molecule has 0 aliphatic rings. The Bertz CT molecular complexity index is 957. The summed E-state index contributed by atoms with van der Waals surface area (Å²) in [5.74, 6) is 0.793. The van der Waals surface area contributed by atoms with E-state index >= 15 is 0 Å². The van der Waals surface area contributed by atoms with E-state index < -0.39 is 0 Å². The van der Waals surface area contributed by atoms with Crippen LogP contribution in [0.5, 0.6) is 17.2 Å². The monoisotopic (exact) mass is 432 g/mol. The molecule has 0 bridgehead atoms.